The second kappa shape index (κ2) is 7.83. The minimum absolute atomic E-state index is 0.0149. The average Bonchev–Trinajstić information content (AvgIpc) is 3.00. The first kappa shape index (κ1) is 17.7. The molecule has 0 spiro atoms. The van der Waals surface area contributed by atoms with Gasteiger partial charge in [0.1, 0.15) is 5.75 Å². The summed E-state index contributed by atoms with van der Waals surface area (Å²) in [5.41, 5.74) is 2.27. The van der Waals surface area contributed by atoms with Crippen molar-refractivity contribution in [3.05, 3.63) is 75.0 Å². The first-order valence-electron chi connectivity index (χ1n) is 8.02. The summed E-state index contributed by atoms with van der Waals surface area (Å²) >= 11 is 0. The molecule has 8 heteroatoms. The predicted molar refractivity (Wildman–Crippen MR) is 92.7 cm³/mol. The largest absolute Gasteiger partial charge is 0.497 e. The number of hydrogen-bond donors (Lipinski definition) is 0. The summed E-state index contributed by atoms with van der Waals surface area (Å²) in [6.07, 6.45) is 0.0446. The van der Waals surface area contributed by atoms with Crippen LogP contribution in [0.5, 0.6) is 5.75 Å². The van der Waals surface area contributed by atoms with Crippen LogP contribution in [0.3, 0.4) is 0 Å². The van der Waals surface area contributed by atoms with Gasteiger partial charge in [-0.2, -0.15) is 0 Å². The van der Waals surface area contributed by atoms with Crippen LogP contribution >= 0.6 is 0 Å². The van der Waals surface area contributed by atoms with Gasteiger partial charge in [0.25, 0.3) is 5.69 Å². The topological polar surface area (TPSA) is 96.9 Å². The van der Waals surface area contributed by atoms with E-state index in [2.05, 4.69) is 0 Å². The van der Waals surface area contributed by atoms with Crippen LogP contribution in [0.1, 0.15) is 17.5 Å². The summed E-state index contributed by atoms with van der Waals surface area (Å²) < 4.78 is 10.7. The van der Waals surface area contributed by atoms with E-state index in [1.807, 2.05) is 24.3 Å². The average molecular weight is 358 g/mol. The van der Waals surface area contributed by atoms with Gasteiger partial charge in [0.15, 0.2) is 6.29 Å². The first-order valence-corrected chi connectivity index (χ1v) is 8.02. The molecular formula is C18H18N2O6. The highest BCUT2D eigenvalue weighted by atomic mass is 16.9. The van der Waals surface area contributed by atoms with Gasteiger partial charge in [-0.25, -0.2) is 0 Å². The van der Waals surface area contributed by atoms with Crippen LogP contribution in [-0.2, 0) is 22.6 Å². The molecule has 1 unspecified atom stereocenters. The van der Waals surface area contributed by atoms with Gasteiger partial charge >= 0.3 is 0 Å². The van der Waals surface area contributed by atoms with E-state index in [0.717, 1.165) is 16.9 Å². The zero-order chi connectivity index (χ0) is 18.5. The lowest BCUT2D eigenvalue weighted by Crippen LogP contribution is -2.14. The Hall–Kier alpha value is -3.13. The number of nitro benzene ring substituents is 1. The van der Waals surface area contributed by atoms with E-state index >= 15 is 0 Å². The minimum atomic E-state index is -0.650. The summed E-state index contributed by atoms with van der Waals surface area (Å²) in [5.74, 6) is 0.760. The van der Waals surface area contributed by atoms with Crippen molar-refractivity contribution in [2.75, 3.05) is 7.11 Å². The molecule has 1 aliphatic rings. The van der Waals surface area contributed by atoms with E-state index in [9.17, 15) is 15.3 Å². The third kappa shape index (κ3) is 4.28. The molecular weight excluding hydrogens is 340 g/mol. The smallest absolute Gasteiger partial charge is 0.269 e. The summed E-state index contributed by atoms with van der Waals surface area (Å²) in [6.45, 7) is 0.313. The Kier molecular flexibility index (Phi) is 5.33. The normalized spacial score (nSPS) is 16.4. The molecule has 0 aromatic heterocycles. The number of non-ortho nitro benzene ring substituents is 1. The lowest BCUT2D eigenvalue weighted by molar-refractivity contribution is -0.753. The Labute approximate surface area is 149 Å². The number of benzene rings is 2. The molecule has 1 heterocycles. The van der Waals surface area contributed by atoms with Crippen molar-refractivity contribution >= 4 is 11.4 Å². The molecule has 8 nitrogen and oxygen atoms in total. The third-order valence-electron chi connectivity index (χ3n) is 4.02. The Morgan fingerprint density at radius 2 is 1.81 bits per heavy atom. The Bertz CT molecular complexity index is 801. The maximum atomic E-state index is 11.9. The van der Waals surface area contributed by atoms with Crippen molar-refractivity contribution in [2.24, 2.45) is 0 Å². The molecule has 0 bridgehead atoms. The molecule has 0 aliphatic carbocycles. The van der Waals surface area contributed by atoms with Gasteiger partial charge < -0.3 is 14.3 Å². The maximum absolute atomic E-state index is 11.9. The standard InChI is InChI=1S/C18H18N2O6/c1-24-17-8-4-14(5-9-17)12-25-18-11-16(20(23)26-18)10-13-2-6-15(7-3-13)19(21)22/h2-9,18H,10-12H2,1H3. The van der Waals surface area contributed by atoms with Gasteiger partial charge in [-0.3, -0.25) is 15.3 Å². The van der Waals surface area contributed by atoms with Gasteiger partial charge in [0.2, 0.25) is 5.71 Å². The number of nitro groups is 1. The lowest BCUT2D eigenvalue weighted by atomic mass is 10.1. The SMILES string of the molecule is COc1ccc(COC2CC(Cc3ccc([N+](=O)[O-])cc3)=[N+]([O-])O2)cc1. The van der Waals surface area contributed by atoms with Crippen molar-refractivity contribution in [3.8, 4) is 5.75 Å². The van der Waals surface area contributed by atoms with Gasteiger partial charge in [-0.15, -0.1) is 0 Å². The first-order chi connectivity index (χ1) is 12.5. The fourth-order valence-electron chi connectivity index (χ4n) is 2.59. The Morgan fingerprint density at radius 1 is 1.15 bits per heavy atom. The molecule has 136 valence electrons. The summed E-state index contributed by atoms with van der Waals surface area (Å²) in [7, 11) is 1.60. The molecule has 1 atom stereocenters. The number of ether oxygens (including phenoxy) is 2. The predicted octanol–water partition coefficient (Wildman–Crippen LogP) is 2.98. The van der Waals surface area contributed by atoms with Gasteiger partial charge in [0, 0.05) is 17.0 Å². The van der Waals surface area contributed by atoms with E-state index in [1.54, 1.807) is 19.2 Å². The third-order valence-corrected chi connectivity index (χ3v) is 4.02. The number of methoxy groups -OCH3 is 1. The number of nitrogens with zero attached hydrogens (tertiary/aromatic N) is 2. The maximum Gasteiger partial charge on any atom is 0.269 e. The molecule has 0 saturated heterocycles. The van der Waals surface area contributed by atoms with Crippen molar-refractivity contribution < 1.29 is 24.1 Å². The van der Waals surface area contributed by atoms with Crippen LogP contribution in [0.4, 0.5) is 5.69 Å². The monoisotopic (exact) mass is 358 g/mol. The van der Waals surface area contributed by atoms with Crippen LogP contribution in [-0.4, -0.2) is 28.9 Å². The highest BCUT2D eigenvalue weighted by molar-refractivity contribution is 5.83. The quantitative estimate of drug-likeness (QED) is 0.429. The van der Waals surface area contributed by atoms with Crippen LogP contribution < -0.4 is 4.74 Å². The van der Waals surface area contributed by atoms with Gasteiger partial charge in [0.05, 0.1) is 31.5 Å². The Balaban J connectivity index is 1.53. The van der Waals surface area contributed by atoms with Crippen molar-refractivity contribution in [3.63, 3.8) is 0 Å². The van der Waals surface area contributed by atoms with Crippen molar-refractivity contribution in [1.29, 1.82) is 0 Å². The highest BCUT2D eigenvalue weighted by Crippen LogP contribution is 2.19. The summed E-state index contributed by atoms with van der Waals surface area (Å²) in [5, 5.41) is 22.6. The van der Waals surface area contributed by atoms with Gasteiger partial charge in [-0.05, 0) is 23.3 Å². The molecule has 3 rings (SSSR count). The Morgan fingerprint density at radius 3 is 2.42 bits per heavy atom. The fourth-order valence-corrected chi connectivity index (χ4v) is 2.59. The molecule has 2 aromatic carbocycles. The van der Waals surface area contributed by atoms with E-state index < -0.39 is 11.2 Å². The lowest BCUT2D eigenvalue weighted by Gasteiger charge is -2.12. The molecule has 0 amide bonds. The molecule has 0 fully saturated rings. The van der Waals surface area contributed by atoms with Crippen LogP contribution in [0.25, 0.3) is 0 Å². The van der Waals surface area contributed by atoms with E-state index in [4.69, 9.17) is 14.3 Å². The fraction of sp³-hybridized carbons (Fsp3) is 0.278. The molecule has 1 aliphatic heterocycles. The van der Waals surface area contributed by atoms with Gasteiger partial charge in [-0.1, -0.05) is 24.3 Å². The second-order valence-corrected chi connectivity index (χ2v) is 5.82. The van der Waals surface area contributed by atoms with E-state index in [1.165, 1.54) is 12.1 Å². The molecule has 2 aromatic rings. The number of rotatable bonds is 7. The van der Waals surface area contributed by atoms with Crippen LogP contribution in [0, 0.1) is 15.3 Å². The van der Waals surface area contributed by atoms with E-state index in [-0.39, 0.29) is 5.69 Å². The number of hydrogen-bond acceptors (Lipinski definition) is 6. The zero-order valence-corrected chi connectivity index (χ0v) is 14.2. The van der Waals surface area contributed by atoms with E-state index in [0.29, 0.717) is 30.1 Å². The second-order valence-electron chi connectivity index (χ2n) is 5.82. The molecule has 0 saturated carbocycles. The minimum Gasteiger partial charge on any atom is -0.497 e. The van der Waals surface area contributed by atoms with Crippen molar-refractivity contribution in [1.82, 2.24) is 0 Å². The van der Waals surface area contributed by atoms with Crippen LogP contribution in [0.15, 0.2) is 48.5 Å². The molecule has 0 radical (unpaired) electrons. The molecule has 0 N–H and O–H groups in total. The highest BCUT2D eigenvalue weighted by Gasteiger charge is 2.28. The summed E-state index contributed by atoms with van der Waals surface area (Å²) in [4.78, 5) is 15.8. The zero-order valence-electron chi connectivity index (χ0n) is 14.2. The van der Waals surface area contributed by atoms with Crippen molar-refractivity contribution in [2.45, 2.75) is 25.7 Å². The summed E-state index contributed by atoms with van der Waals surface area (Å²) in [6, 6.07) is 13.5. The molecule has 26 heavy (non-hydrogen) atoms. The van der Waals surface area contributed by atoms with Crippen LogP contribution in [0.2, 0.25) is 0 Å².